The third kappa shape index (κ3) is 6.66. The molecule has 1 aliphatic rings. The van der Waals surface area contributed by atoms with Crippen LogP contribution in [0, 0.1) is 0 Å². The molecular formula is C32H40N6O. The molecule has 2 aromatic heterocycles. The van der Waals surface area contributed by atoms with Gasteiger partial charge in [-0.1, -0.05) is 56.0 Å². The van der Waals surface area contributed by atoms with E-state index >= 15 is 0 Å². The summed E-state index contributed by atoms with van der Waals surface area (Å²) in [5.74, 6) is 0.259. The first-order valence-electron chi connectivity index (χ1n) is 14.4. The van der Waals surface area contributed by atoms with Crippen molar-refractivity contribution in [2.24, 2.45) is 12.8 Å². The van der Waals surface area contributed by atoms with Gasteiger partial charge in [0.05, 0.1) is 17.5 Å². The number of hydrogen-bond acceptors (Lipinski definition) is 4. The van der Waals surface area contributed by atoms with E-state index in [0.29, 0.717) is 5.56 Å². The van der Waals surface area contributed by atoms with Gasteiger partial charge in [0.2, 0.25) is 5.91 Å². The molecule has 0 aliphatic carbocycles. The molecule has 0 unspecified atom stereocenters. The summed E-state index contributed by atoms with van der Waals surface area (Å²) in [4.78, 5) is 20.4. The number of likely N-dealkylation sites (tertiary alicyclic amines) is 1. The van der Waals surface area contributed by atoms with Crippen LogP contribution in [0.2, 0.25) is 0 Å². The molecule has 1 aliphatic heterocycles. The number of nitrogens with zero attached hydrogens (tertiary/aromatic N) is 5. The Morgan fingerprint density at radius 3 is 2.38 bits per heavy atom. The van der Waals surface area contributed by atoms with Crippen LogP contribution in [-0.4, -0.2) is 49.8 Å². The first kappa shape index (κ1) is 26.9. The van der Waals surface area contributed by atoms with E-state index in [2.05, 4.69) is 32.9 Å². The Bertz CT molecular complexity index is 1360. The second-order valence-corrected chi connectivity index (χ2v) is 10.7. The molecule has 2 aromatic carbocycles. The maximum absolute atomic E-state index is 12.6. The number of unbranched alkanes of at least 4 members (excludes halogenated alkanes) is 3. The average Bonchev–Trinajstić information content (AvgIpc) is 3.49. The third-order valence-corrected chi connectivity index (χ3v) is 7.72. The number of carbonyl (C=O) groups excluding carboxylic acids is 1. The normalized spacial score (nSPS) is 14.4. The molecule has 5 rings (SSSR count). The van der Waals surface area contributed by atoms with E-state index in [1.165, 1.54) is 64.6 Å². The molecule has 7 nitrogen and oxygen atoms in total. The largest absolute Gasteiger partial charge is 0.366 e. The minimum atomic E-state index is -0.468. The van der Waals surface area contributed by atoms with Crippen molar-refractivity contribution in [3.8, 4) is 28.2 Å². The lowest BCUT2D eigenvalue weighted by Crippen LogP contribution is -2.25. The van der Waals surface area contributed by atoms with Gasteiger partial charge in [-0.3, -0.25) is 14.0 Å². The van der Waals surface area contributed by atoms with Crippen molar-refractivity contribution in [1.29, 1.82) is 0 Å². The van der Waals surface area contributed by atoms with Crippen LogP contribution in [-0.2, 0) is 13.5 Å². The standard InChI is InChI=1S/C32H40N6O/c1-36-23-25(22-34-36)28-17-13-18-29(31(33)39)30(28)32-35-26(24-38(32)27-15-8-6-9-16-27)14-7-2-3-10-19-37-20-11-4-5-12-21-37/h6,8-9,13,15-18,22-24H,2-5,7,10-12,14,19-21H2,1H3,(H2,33,39). The summed E-state index contributed by atoms with van der Waals surface area (Å²) in [6.45, 7) is 3.77. The van der Waals surface area contributed by atoms with Crippen molar-refractivity contribution in [2.75, 3.05) is 19.6 Å². The zero-order chi connectivity index (χ0) is 27.0. The van der Waals surface area contributed by atoms with Gasteiger partial charge in [0.25, 0.3) is 0 Å². The molecular weight excluding hydrogens is 484 g/mol. The van der Waals surface area contributed by atoms with Gasteiger partial charge in [0, 0.05) is 36.3 Å². The fourth-order valence-corrected chi connectivity index (χ4v) is 5.67. The summed E-state index contributed by atoms with van der Waals surface area (Å²) < 4.78 is 3.86. The first-order chi connectivity index (χ1) is 19.1. The molecule has 3 heterocycles. The minimum absolute atomic E-state index is 0.458. The molecule has 2 N–H and O–H groups in total. The van der Waals surface area contributed by atoms with Gasteiger partial charge in [0.1, 0.15) is 5.82 Å². The molecule has 0 atom stereocenters. The summed E-state index contributed by atoms with van der Waals surface area (Å²) in [6.07, 6.45) is 17.1. The van der Waals surface area contributed by atoms with Crippen molar-refractivity contribution in [1.82, 2.24) is 24.2 Å². The van der Waals surface area contributed by atoms with Crippen molar-refractivity contribution >= 4 is 5.91 Å². The van der Waals surface area contributed by atoms with Crippen LogP contribution in [0.25, 0.3) is 28.2 Å². The molecule has 0 radical (unpaired) electrons. The summed E-state index contributed by atoms with van der Waals surface area (Å²) in [5.41, 5.74) is 10.9. The number of primary amides is 1. The Labute approximate surface area is 231 Å². The van der Waals surface area contributed by atoms with Crippen LogP contribution in [0.5, 0.6) is 0 Å². The van der Waals surface area contributed by atoms with Gasteiger partial charge >= 0.3 is 0 Å². The monoisotopic (exact) mass is 524 g/mol. The molecule has 0 saturated carbocycles. The van der Waals surface area contributed by atoms with E-state index in [4.69, 9.17) is 10.7 Å². The number of carbonyl (C=O) groups is 1. The highest BCUT2D eigenvalue weighted by atomic mass is 16.1. The zero-order valence-corrected chi connectivity index (χ0v) is 23.1. The highest BCUT2D eigenvalue weighted by molar-refractivity contribution is 6.03. The number of imidazole rings is 1. The third-order valence-electron chi connectivity index (χ3n) is 7.72. The highest BCUT2D eigenvalue weighted by Gasteiger charge is 2.22. The summed E-state index contributed by atoms with van der Waals surface area (Å²) in [7, 11) is 1.89. The van der Waals surface area contributed by atoms with Crippen LogP contribution >= 0.6 is 0 Å². The topological polar surface area (TPSA) is 82.0 Å². The van der Waals surface area contributed by atoms with Crippen LogP contribution in [0.3, 0.4) is 0 Å². The van der Waals surface area contributed by atoms with Gasteiger partial charge in [-0.05, 0) is 75.5 Å². The lowest BCUT2D eigenvalue weighted by Gasteiger charge is -2.19. The number of aromatic nitrogens is 4. The van der Waals surface area contributed by atoms with Gasteiger partial charge in [-0.25, -0.2) is 4.98 Å². The molecule has 4 aromatic rings. The Balaban J connectivity index is 1.38. The quantitative estimate of drug-likeness (QED) is 0.243. The number of rotatable bonds is 11. The second kappa shape index (κ2) is 12.9. The lowest BCUT2D eigenvalue weighted by atomic mass is 9.96. The molecule has 1 saturated heterocycles. The van der Waals surface area contributed by atoms with E-state index in [1.807, 2.05) is 49.8 Å². The smallest absolute Gasteiger partial charge is 0.249 e. The fraction of sp³-hybridized carbons (Fsp3) is 0.406. The Morgan fingerprint density at radius 2 is 1.67 bits per heavy atom. The van der Waals surface area contributed by atoms with Crippen LogP contribution < -0.4 is 5.73 Å². The molecule has 1 amide bonds. The Morgan fingerprint density at radius 1 is 0.897 bits per heavy atom. The second-order valence-electron chi connectivity index (χ2n) is 10.7. The molecule has 204 valence electrons. The van der Waals surface area contributed by atoms with Crippen molar-refractivity contribution in [2.45, 2.75) is 57.8 Å². The van der Waals surface area contributed by atoms with Crippen molar-refractivity contribution in [3.63, 3.8) is 0 Å². The van der Waals surface area contributed by atoms with Crippen LogP contribution in [0.4, 0.5) is 0 Å². The van der Waals surface area contributed by atoms with Crippen molar-refractivity contribution in [3.05, 3.63) is 78.4 Å². The maximum atomic E-state index is 12.6. The Hall–Kier alpha value is -3.71. The first-order valence-corrected chi connectivity index (χ1v) is 14.4. The fourth-order valence-electron chi connectivity index (χ4n) is 5.67. The minimum Gasteiger partial charge on any atom is -0.366 e. The van der Waals surface area contributed by atoms with Gasteiger partial charge < -0.3 is 10.6 Å². The number of para-hydroxylation sites is 1. The number of amides is 1. The average molecular weight is 525 g/mol. The molecule has 7 heteroatoms. The summed E-state index contributed by atoms with van der Waals surface area (Å²) in [5, 5.41) is 4.36. The number of hydrogen-bond donors (Lipinski definition) is 1. The molecule has 0 bridgehead atoms. The number of nitrogens with two attached hydrogens (primary N) is 1. The van der Waals surface area contributed by atoms with Gasteiger partial charge in [0.15, 0.2) is 0 Å². The van der Waals surface area contributed by atoms with E-state index in [-0.39, 0.29) is 0 Å². The summed E-state index contributed by atoms with van der Waals surface area (Å²) in [6, 6.07) is 15.8. The van der Waals surface area contributed by atoms with Gasteiger partial charge in [-0.15, -0.1) is 0 Å². The highest BCUT2D eigenvalue weighted by Crippen LogP contribution is 2.36. The van der Waals surface area contributed by atoms with Crippen LogP contribution in [0.15, 0.2) is 67.1 Å². The molecule has 39 heavy (non-hydrogen) atoms. The molecule has 1 fully saturated rings. The predicted molar refractivity (Wildman–Crippen MR) is 157 cm³/mol. The molecule has 0 spiro atoms. The van der Waals surface area contributed by atoms with E-state index in [0.717, 1.165) is 46.7 Å². The van der Waals surface area contributed by atoms with Gasteiger partial charge in [-0.2, -0.15) is 5.10 Å². The Kier molecular flexibility index (Phi) is 8.89. The van der Waals surface area contributed by atoms with E-state index in [1.54, 1.807) is 10.7 Å². The van der Waals surface area contributed by atoms with Crippen molar-refractivity contribution < 1.29 is 4.79 Å². The van der Waals surface area contributed by atoms with E-state index < -0.39 is 5.91 Å². The summed E-state index contributed by atoms with van der Waals surface area (Å²) >= 11 is 0. The lowest BCUT2D eigenvalue weighted by molar-refractivity contribution is 0.100. The number of aryl methyl sites for hydroxylation is 2. The zero-order valence-electron chi connectivity index (χ0n) is 23.1. The predicted octanol–water partition coefficient (Wildman–Crippen LogP) is 6.02. The number of benzene rings is 2. The van der Waals surface area contributed by atoms with Crippen LogP contribution in [0.1, 0.15) is 67.4 Å². The SMILES string of the molecule is Cn1cc(-c2cccc(C(N)=O)c2-c2nc(CCCCCCN3CCCCCC3)cn2-c2ccccc2)cn1. The maximum Gasteiger partial charge on any atom is 0.249 e. The van der Waals surface area contributed by atoms with E-state index in [9.17, 15) is 4.79 Å².